The van der Waals surface area contributed by atoms with Gasteiger partial charge in [-0.05, 0) is 48.9 Å². The van der Waals surface area contributed by atoms with Crippen LogP contribution in [-0.4, -0.2) is 18.7 Å². The summed E-state index contributed by atoms with van der Waals surface area (Å²) < 4.78 is 40.0. The Hall–Kier alpha value is -2.67. The third-order valence-electron chi connectivity index (χ3n) is 3.57. The Morgan fingerprint density at radius 2 is 1.85 bits per heavy atom. The standard InChI is InChI=1S/C19H17F2NO3S/c1-12-11-26-18(22-12)14-4-6-15(7-5-14)24-10-13-3-8-16(25-19(20)21)17(9-13)23-2/h3-9,11,19H,10H2,1-2H3. The highest BCUT2D eigenvalue weighted by Crippen LogP contribution is 2.30. The first-order valence-electron chi connectivity index (χ1n) is 7.82. The molecule has 1 aromatic heterocycles. The number of hydrogen-bond donors (Lipinski definition) is 0. The second kappa shape index (κ2) is 8.14. The lowest BCUT2D eigenvalue weighted by Crippen LogP contribution is -2.04. The molecule has 0 unspecified atom stereocenters. The van der Waals surface area contributed by atoms with E-state index in [2.05, 4.69) is 9.72 Å². The summed E-state index contributed by atoms with van der Waals surface area (Å²) in [6.07, 6.45) is 0. The van der Waals surface area contributed by atoms with Crippen molar-refractivity contribution in [3.8, 4) is 27.8 Å². The molecule has 0 spiro atoms. The molecule has 3 rings (SSSR count). The number of aromatic nitrogens is 1. The molecule has 0 amide bonds. The number of benzene rings is 2. The van der Waals surface area contributed by atoms with Crippen molar-refractivity contribution in [1.29, 1.82) is 0 Å². The van der Waals surface area contributed by atoms with Crippen LogP contribution in [0.15, 0.2) is 47.8 Å². The van der Waals surface area contributed by atoms with E-state index in [4.69, 9.17) is 9.47 Å². The van der Waals surface area contributed by atoms with Crippen LogP contribution in [0.5, 0.6) is 17.2 Å². The lowest BCUT2D eigenvalue weighted by atomic mass is 10.2. The van der Waals surface area contributed by atoms with Crippen molar-refractivity contribution in [2.45, 2.75) is 20.1 Å². The molecular formula is C19H17F2NO3S. The van der Waals surface area contributed by atoms with E-state index >= 15 is 0 Å². The number of alkyl halides is 2. The van der Waals surface area contributed by atoms with Crippen molar-refractivity contribution in [1.82, 2.24) is 4.98 Å². The average Bonchev–Trinajstić information content (AvgIpc) is 3.07. The van der Waals surface area contributed by atoms with Crippen LogP contribution in [0.3, 0.4) is 0 Å². The summed E-state index contributed by atoms with van der Waals surface area (Å²) in [5.74, 6) is 0.934. The molecule has 7 heteroatoms. The monoisotopic (exact) mass is 377 g/mol. The Morgan fingerprint density at radius 1 is 1.08 bits per heavy atom. The smallest absolute Gasteiger partial charge is 0.387 e. The van der Waals surface area contributed by atoms with Crippen molar-refractivity contribution in [3.05, 3.63) is 59.1 Å². The van der Waals surface area contributed by atoms with Gasteiger partial charge in [-0.1, -0.05) is 6.07 Å². The zero-order valence-electron chi connectivity index (χ0n) is 14.2. The Morgan fingerprint density at radius 3 is 2.46 bits per heavy atom. The summed E-state index contributed by atoms with van der Waals surface area (Å²) in [7, 11) is 1.40. The maximum absolute atomic E-state index is 12.4. The van der Waals surface area contributed by atoms with Crippen LogP contribution in [0.2, 0.25) is 0 Å². The number of rotatable bonds is 7. The van der Waals surface area contributed by atoms with E-state index in [9.17, 15) is 8.78 Å². The van der Waals surface area contributed by atoms with Gasteiger partial charge in [-0.3, -0.25) is 0 Å². The maximum Gasteiger partial charge on any atom is 0.387 e. The molecule has 0 bridgehead atoms. The van der Waals surface area contributed by atoms with Gasteiger partial charge in [0.2, 0.25) is 0 Å². The Bertz CT molecular complexity index is 865. The fraction of sp³-hybridized carbons (Fsp3) is 0.211. The van der Waals surface area contributed by atoms with Crippen LogP contribution < -0.4 is 14.2 Å². The minimum atomic E-state index is -2.90. The molecule has 3 aromatic rings. The van der Waals surface area contributed by atoms with Crippen LogP contribution >= 0.6 is 11.3 Å². The first kappa shape index (κ1) is 18.1. The lowest BCUT2D eigenvalue weighted by Gasteiger charge is -2.12. The number of methoxy groups -OCH3 is 1. The highest BCUT2D eigenvalue weighted by molar-refractivity contribution is 7.13. The number of nitrogens with zero attached hydrogens (tertiary/aromatic N) is 1. The van der Waals surface area contributed by atoms with Gasteiger partial charge >= 0.3 is 6.61 Å². The minimum absolute atomic E-state index is 0.00524. The quantitative estimate of drug-likeness (QED) is 0.560. The molecule has 0 aliphatic rings. The number of aryl methyl sites for hydroxylation is 1. The van der Waals surface area contributed by atoms with E-state index in [0.29, 0.717) is 5.75 Å². The zero-order valence-corrected chi connectivity index (χ0v) is 15.1. The third kappa shape index (κ3) is 4.49. The molecule has 0 atom stereocenters. The molecule has 26 heavy (non-hydrogen) atoms. The first-order valence-corrected chi connectivity index (χ1v) is 8.70. The largest absolute Gasteiger partial charge is 0.493 e. The SMILES string of the molecule is COc1cc(COc2ccc(-c3nc(C)cs3)cc2)ccc1OC(F)F. The topological polar surface area (TPSA) is 40.6 Å². The molecule has 0 aliphatic heterocycles. The predicted octanol–water partition coefficient (Wildman–Crippen LogP) is 5.31. The van der Waals surface area contributed by atoms with Crippen molar-refractivity contribution in [3.63, 3.8) is 0 Å². The third-order valence-corrected chi connectivity index (χ3v) is 4.58. The van der Waals surface area contributed by atoms with Gasteiger partial charge in [0.15, 0.2) is 11.5 Å². The summed E-state index contributed by atoms with van der Waals surface area (Å²) in [5.41, 5.74) is 2.81. The van der Waals surface area contributed by atoms with E-state index in [0.717, 1.165) is 21.8 Å². The number of ether oxygens (including phenoxy) is 3. The van der Waals surface area contributed by atoms with Gasteiger partial charge in [0.05, 0.1) is 7.11 Å². The summed E-state index contributed by atoms with van der Waals surface area (Å²) in [6, 6.07) is 12.4. The molecule has 0 N–H and O–H groups in total. The van der Waals surface area contributed by atoms with Crippen molar-refractivity contribution < 1.29 is 23.0 Å². The average molecular weight is 377 g/mol. The molecule has 136 valence electrons. The highest BCUT2D eigenvalue weighted by atomic mass is 32.1. The second-order valence-corrected chi connectivity index (χ2v) is 6.33. The van der Waals surface area contributed by atoms with Crippen LogP contribution in [0, 0.1) is 6.92 Å². The zero-order chi connectivity index (χ0) is 18.5. The molecule has 2 aromatic carbocycles. The van der Waals surface area contributed by atoms with Gasteiger partial charge < -0.3 is 14.2 Å². The van der Waals surface area contributed by atoms with E-state index in [-0.39, 0.29) is 18.1 Å². The van der Waals surface area contributed by atoms with Crippen molar-refractivity contribution in [2.24, 2.45) is 0 Å². The molecule has 0 radical (unpaired) electrons. The lowest BCUT2D eigenvalue weighted by molar-refractivity contribution is -0.0512. The highest BCUT2D eigenvalue weighted by Gasteiger charge is 2.11. The van der Waals surface area contributed by atoms with Gasteiger partial charge in [0.25, 0.3) is 0 Å². The van der Waals surface area contributed by atoms with Gasteiger partial charge in [0.1, 0.15) is 17.4 Å². The maximum atomic E-state index is 12.4. The normalized spacial score (nSPS) is 10.8. The summed E-state index contributed by atoms with van der Waals surface area (Å²) in [6.45, 7) is -0.657. The van der Waals surface area contributed by atoms with Gasteiger partial charge in [-0.15, -0.1) is 11.3 Å². The summed E-state index contributed by atoms with van der Waals surface area (Å²) in [5, 5.41) is 2.97. The van der Waals surface area contributed by atoms with Crippen molar-refractivity contribution >= 4 is 11.3 Å². The Balaban J connectivity index is 1.65. The second-order valence-electron chi connectivity index (χ2n) is 5.47. The number of hydrogen-bond acceptors (Lipinski definition) is 5. The fourth-order valence-corrected chi connectivity index (χ4v) is 3.15. The summed E-state index contributed by atoms with van der Waals surface area (Å²) in [4.78, 5) is 4.45. The molecule has 0 saturated heterocycles. The molecule has 1 heterocycles. The number of thiazole rings is 1. The molecular weight excluding hydrogens is 360 g/mol. The van der Waals surface area contributed by atoms with E-state index in [1.807, 2.05) is 36.6 Å². The van der Waals surface area contributed by atoms with E-state index in [1.165, 1.54) is 13.2 Å². The molecule has 0 fully saturated rings. The van der Waals surface area contributed by atoms with Crippen LogP contribution in [0.4, 0.5) is 8.78 Å². The van der Waals surface area contributed by atoms with Gasteiger partial charge in [0, 0.05) is 16.6 Å². The Kier molecular flexibility index (Phi) is 5.68. The molecule has 0 aliphatic carbocycles. The van der Waals surface area contributed by atoms with Crippen LogP contribution in [0.1, 0.15) is 11.3 Å². The van der Waals surface area contributed by atoms with Gasteiger partial charge in [-0.2, -0.15) is 8.78 Å². The Labute approximate surface area is 154 Å². The first-order chi connectivity index (χ1) is 12.5. The molecule has 4 nitrogen and oxygen atoms in total. The van der Waals surface area contributed by atoms with Crippen molar-refractivity contribution in [2.75, 3.05) is 7.11 Å². The van der Waals surface area contributed by atoms with E-state index < -0.39 is 6.61 Å². The summed E-state index contributed by atoms with van der Waals surface area (Å²) >= 11 is 1.60. The number of halogens is 2. The van der Waals surface area contributed by atoms with E-state index in [1.54, 1.807) is 23.5 Å². The van der Waals surface area contributed by atoms with Gasteiger partial charge in [-0.25, -0.2) is 4.98 Å². The predicted molar refractivity (Wildman–Crippen MR) is 96.2 cm³/mol. The minimum Gasteiger partial charge on any atom is -0.493 e. The van der Waals surface area contributed by atoms with Crippen LogP contribution in [-0.2, 0) is 6.61 Å². The van der Waals surface area contributed by atoms with Crippen LogP contribution in [0.25, 0.3) is 10.6 Å². The molecule has 0 saturated carbocycles. The fourth-order valence-electron chi connectivity index (χ4n) is 2.34.